The summed E-state index contributed by atoms with van der Waals surface area (Å²) in [7, 11) is 0. The number of phenolic OH excluding ortho intramolecular Hbond substituents is 1. The fourth-order valence-corrected chi connectivity index (χ4v) is 9.53. The summed E-state index contributed by atoms with van der Waals surface area (Å²) in [5.41, 5.74) is 18.0. The van der Waals surface area contributed by atoms with E-state index < -0.39 is 150 Å². The quantitative estimate of drug-likeness (QED) is 0.0849. The van der Waals surface area contributed by atoms with Gasteiger partial charge in [-0.2, -0.15) is 0 Å². The van der Waals surface area contributed by atoms with E-state index in [2.05, 4.69) is 47.9 Å². The van der Waals surface area contributed by atoms with Gasteiger partial charge in [0.25, 0.3) is 0 Å². The highest BCUT2D eigenvalue weighted by atomic mass is 16.3. The van der Waals surface area contributed by atoms with Crippen molar-refractivity contribution in [3.63, 3.8) is 0 Å². The van der Waals surface area contributed by atoms with Gasteiger partial charge in [0.05, 0.1) is 12.8 Å². The van der Waals surface area contributed by atoms with Gasteiger partial charge in [0.2, 0.25) is 70.9 Å². The molecule has 2 aliphatic heterocycles. The van der Waals surface area contributed by atoms with Crippen molar-refractivity contribution in [3.8, 4) is 5.75 Å². The predicted molar refractivity (Wildman–Crippen MR) is 299 cm³/mol. The first-order chi connectivity index (χ1) is 38.7. The highest BCUT2D eigenvalue weighted by molar-refractivity contribution is 6.01. The molecule has 12 amide bonds. The first-order valence-electron chi connectivity index (χ1n) is 27.8. The van der Waals surface area contributed by atoms with E-state index in [1.807, 2.05) is 13.8 Å². The van der Waals surface area contributed by atoms with Crippen LogP contribution in [0.2, 0.25) is 0 Å². The second-order valence-electron chi connectivity index (χ2n) is 22.2. The molecule has 2 fully saturated rings. The third kappa shape index (κ3) is 20.7. The van der Waals surface area contributed by atoms with Crippen LogP contribution >= 0.6 is 0 Å². The molecule has 0 bridgehead atoms. The SMILES string of the molecule is CC(C)C[C@@H]1NC(=O)[C@H](CC(N)=O)NC(=O)[C@H](CC(N)=O)NC(=O)[C@@H](Cc2ccccc2)NC(=O)[C@H](C)NC(=O)[C@@H]2CCCN2C(=O)[C@@H](Cc2ccc(O)cc2)NC(=O)[C@H](CC(C)C)NC(=O)[C@H](CCCN)NC(=O)[C@H](C(C)C)NC1=O. The van der Waals surface area contributed by atoms with Gasteiger partial charge in [0, 0.05) is 19.4 Å². The molecule has 0 radical (unpaired) electrons. The molecule has 450 valence electrons. The van der Waals surface area contributed by atoms with Gasteiger partial charge in [0.1, 0.15) is 66.2 Å². The van der Waals surface area contributed by atoms with E-state index in [0.717, 1.165) is 0 Å². The van der Waals surface area contributed by atoms with E-state index >= 15 is 0 Å². The number of fused-ring (bicyclic) bond motifs is 1. The summed E-state index contributed by atoms with van der Waals surface area (Å²) in [6.45, 7) is 11.8. The number of carbonyl (C=O) groups excluding carboxylic acids is 12. The highest BCUT2D eigenvalue weighted by Crippen LogP contribution is 2.22. The summed E-state index contributed by atoms with van der Waals surface area (Å²) in [6, 6.07) is -0.104. The average Bonchev–Trinajstić information content (AvgIpc) is 3.90. The second-order valence-corrected chi connectivity index (χ2v) is 22.2. The average molecular weight is 1150 g/mol. The van der Waals surface area contributed by atoms with Crippen LogP contribution in [0.15, 0.2) is 54.6 Å². The Morgan fingerprint density at radius 3 is 1.49 bits per heavy atom. The lowest BCUT2D eigenvalue weighted by molar-refractivity contribution is -0.142. The van der Waals surface area contributed by atoms with E-state index in [-0.39, 0.29) is 75.6 Å². The molecule has 2 aliphatic rings. The smallest absolute Gasteiger partial charge is 0.246 e. The van der Waals surface area contributed by atoms with Crippen LogP contribution in [0.25, 0.3) is 0 Å². The maximum atomic E-state index is 14.8. The number of primary amides is 2. The number of phenols is 1. The minimum atomic E-state index is -1.83. The molecule has 2 heterocycles. The lowest BCUT2D eigenvalue weighted by Gasteiger charge is -2.31. The number of carbonyl (C=O) groups is 12. The van der Waals surface area contributed by atoms with Crippen molar-refractivity contribution >= 4 is 70.9 Å². The van der Waals surface area contributed by atoms with Gasteiger partial charge in [0.15, 0.2) is 0 Å². The van der Waals surface area contributed by atoms with Gasteiger partial charge < -0.3 is 75.1 Å². The number of amides is 12. The zero-order chi connectivity index (χ0) is 61.0. The molecule has 0 saturated carbocycles. The van der Waals surface area contributed by atoms with E-state index in [1.54, 1.807) is 70.2 Å². The number of hydrogen-bond acceptors (Lipinski definition) is 14. The van der Waals surface area contributed by atoms with Gasteiger partial charge in [-0.1, -0.05) is 84.0 Å². The molecule has 10 atom stereocenters. The Labute approximate surface area is 477 Å². The first kappa shape index (κ1) is 66.4. The van der Waals surface area contributed by atoms with Crippen LogP contribution in [0.4, 0.5) is 0 Å². The Hall–Kier alpha value is -8.16. The van der Waals surface area contributed by atoms with Crippen molar-refractivity contribution in [2.75, 3.05) is 13.1 Å². The van der Waals surface area contributed by atoms with Crippen LogP contribution in [0.5, 0.6) is 5.75 Å². The Morgan fingerprint density at radius 2 is 0.976 bits per heavy atom. The normalized spacial score (nSPS) is 25.6. The van der Waals surface area contributed by atoms with Crippen molar-refractivity contribution in [1.82, 2.24) is 52.8 Å². The molecule has 2 saturated heterocycles. The summed E-state index contributed by atoms with van der Waals surface area (Å²) in [5.74, 6) is -12.2. The monoisotopic (exact) mass is 1150 g/mol. The van der Waals surface area contributed by atoms with Crippen LogP contribution < -0.4 is 65.1 Å². The topological polar surface area (TPSA) is 415 Å². The molecular weight excluding hydrogens is 1060 g/mol. The number of nitrogens with zero attached hydrogens (tertiary/aromatic N) is 1. The third-order valence-electron chi connectivity index (χ3n) is 13.8. The van der Waals surface area contributed by atoms with Crippen molar-refractivity contribution < 1.29 is 62.6 Å². The van der Waals surface area contributed by atoms with Gasteiger partial charge in [-0.25, -0.2) is 0 Å². The molecule has 0 unspecified atom stereocenters. The van der Waals surface area contributed by atoms with Crippen LogP contribution in [0.1, 0.15) is 111 Å². The molecule has 2 aromatic rings. The molecule has 2 aromatic carbocycles. The van der Waals surface area contributed by atoms with Gasteiger partial charge >= 0.3 is 0 Å². The molecule has 82 heavy (non-hydrogen) atoms. The van der Waals surface area contributed by atoms with Crippen LogP contribution in [-0.2, 0) is 70.4 Å². The lowest BCUT2D eigenvalue weighted by Crippen LogP contribution is -2.62. The van der Waals surface area contributed by atoms with Crippen molar-refractivity contribution in [2.45, 2.75) is 173 Å². The van der Waals surface area contributed by atoms with E-state index in [0.29, 0.717) is 17.5 Å². The summed E-state index contributed by atoms with van der Waals surface area (Å²) in [4.78, 5) is 169. The fraction of sp³-hybridized carbons (Fsp3) is 0.571. The minimum Gasteiger partial charge on any atom is -0.508 e. The molecular formula is C56H83N13O13. The number of rotatable bonds is 16. The molecule has 4 rings (SSSR count). The molecule has 26 heteroatoms. The fourth-order valence-electron chi connectivity index (χ4n) is 9.53. The number of nitrogens with two attached hydrogens (primary N) is 3. The van der Waals surface area contributed by atoms with Crippen LogP contribution in [0, 0.1) is 17.8 Å². The molecule has 26 nitrogen and oxygen atoms in total. The summed E-state index contributed by atoms with van der Waals surface area (Å²) in [6.07, 6.45) is -1.27. The summed E-state index contributed by atoms with van der Waals surface area (Å²) in [5, 5.41) is 33.5. The molecule has 0 spiro atoms. The Kier molecular flexibility index (Phi) is 25.7. The standard InChI is InChI=1S/C56H83N13O13/c1-29(2)23-37-49(75)67-42(26-34-17-19-35(70)20-18-34)56(82)69-22-12-16-43(69)54(80)60-32(7)47(73)62-39(25-33-13-9-8-10-14-33)50(76)65-41(28-45(59)72)52(78)66-40(27-44(58)71)51(77)64-38(24-30(3)4)53(79)68-46(31(5)6)55(81)61-36(15-11-21-57)48(74)63-37/h8-10,13-14,17-20,29-32,36-43,46,70H,11-12,15-16,21-28,57H2,1-7H3,(H2,58,71)(H2,59,72)(H,60,80)(H,61,81)(H,62,73)(H,63,74)(H,64,77)(H,65,76)(H,66,78)(H,67,75)(H,68,79)/t32-,36-,37-,38-,39+,40-,41-,42+,43-,46-/m0/s1. The molecule has 0 aliphatic carbocycles. The van der Waals surface area contributed by atoms with E-state index in [4.69, 9.17) is 17.2 Å². The van der Waals surface area contributed by atoms with Crippen molar-refractivity contribution in [3.05, 3.63) is 65.7 Å². The predicted octanol–water partition coefficient (Wildman–Crippen LogP) is -2.20. The Bertz CT molecular complexity index is 2600. The van der Waals surface area contributed by atoms with Crippen LogP contribution in [-0.4, -0.2) is 154 Å². The minimum absolute atomic E-state index is 0.0131. The highest BCUT2D eigenvalue weighted by Gasteiger charge is 2.41. The van der Waals surface area contributed by atoms with Crippen molar-refractivity contribution in [1.29, 1.82) is 0 Å². The Morgan fingerprint density at radius 1 is 0.537 bits per heavy atom. The number of nitrogens with one attached hydrogen (secondary N) is 9. The van der Waals surface area contributed by atoms with Gasteiger partial charge in [-0.3, -0.25) is 57.5 Å². The maximum Gasteiger partial charge on any atom is 0.246 e. The number of aromatic hydroxyl groups is 1. The molecule has 16 N–H and O–H groups in total. The van der Waals surface area contributed by atoms with E-state index in [1.165, 1.54) is 24.0 Å². The van der Waals surface area contributed by atoms with E-state index in [9.17, 15) is 62.6 Å². The zero-order valence-corrected chi connectivity index (χ0v) is 47.7. The third-order valence-corrected chi connectivity index (χ3v) is 13.8. The lowest BCUT2D eigenvalue weighted by atomic mass is 9.98. The second kappa shape index (κ2) is 31.7. The molecule has 0 aromatic heterocycles. The summed E-state index contributed by atoms with van der Waals surface area (Å²) >= 11 is 0. The largest absolute Gasteiger partial charge is 0.508 e. The first-order valence-corrected chi connectivity index (χ1v) is 27.8. The van der Waals surface area contributed by atoms with Crippen LogP contribution in [0.3, 0.4) is 0 Å². The number of benzene rings is 2. The number of hydrogen-bond donors (Lipinski definition) is 13. The van der Waals surface area contributed by atoms with Gasteiger partial charge in [-0.05, 0) is 93.0 Å². The summed E-state index contributed by atoms with van der Waals surface area (Å²) < 4.78 is 0. The maximum absolute atomic E-state index is 14.8. The Balaban J connectivity index is 1.84. The van der Waals surface area contributed by atoms with Crippen molar-refractivity contribution in [2.24, 2.45) is 35.0 Å². The zero-order valence-electron chi connectivity index (χ0n) is 47.7. The van der Waals surface area contributed by atoms with Gasteiger partial charge in [-0.15, -0.1) is 0 Å².